The molecule has 0 aromatic heterocycles. The van der Waals surface area contributed by atoms with Gasteiger partial charge < -0.3 is 14.8 Å². The summed E-state index contributed by atoms with van der Waals surface area (Å²) < 4.78 is 10.3. The van der Waals surface area contributed by atoms with Gasteiger partial charge in [0.15, 0.2) is 6.10 Å². The zero-order chi connectivity index (χ0) is 19.1. The van der Waals surface area contributed by atoms with Crippen LogP contribution in [0.1, 0.15) is 18.1 Å². The molecule has 0 fully saturated rings. The largest absolute Gasteiger partial charge is 0.495 e. The van der Waals surface area contributed by atoms with E-state index in [4.69, 9.17) is 21.1 Å². The van der Waals surface area contributed by atoms with Crippen molar-refractivity contribution in [1.29, 1.82) is 0 Å². The summed E-state index contributed by atoms with van der Waals surface area (Å²) in [5.41, 5.74) is 2.41. The molecule has 26 heavy (non-hydrogen) atoms. The van der Waals surface area contributed by atoms with Crippen LogP contribution in [0.3, 0.4) is 0 Å². The SMILES string of the molecule is COc1ccc(Cl)cc1NC(=O)C(C)OC(=O)C=Cc1ccc(C)cc1. The standard InChI is InChI=1S/C20H20ClNO4/c1-13-4-6-15(7-5-13)8-11-19(23)26-14(2)20(24)22-17-12-16(21)9-10-18(17)25-3/h4-12,14H,1-3H3,(H,22,24). The summed E-state index contributed by atoms with van der Waals surface area (Å²) in [5, 5.41) is 3.09. The highest BCUT2D eigenvalue weighted by atomic mass is 35.5. The van der Waals surface area contributed by atoms with Gasteiger partial charge in [-0.3, -0.25) is 4.79 Å². The number of nitrogens with one attached hydrogen (secondary N) is 1. The number of rotatable bonds is 6. The molecule has 1 atom stereocenters. The molecule has 0 radical (unpaired) electrons. The summed E-state index contributed by atoms with van der Waals surface area (Å²) in [5.74, 6) is -0.630. The molecule has 0 saturated carbocycles. The quantitative estimate of drug-likeness (QED) is 0.607. The number of ether oxygens (including phenoxy) is 2. The van der Waals surface area contributed by atoms with Gasteiger partial charge in [0.2, 0.25) is 0 Å². The number of esters is 1. The highest BCUT2D eigenvalue weighted by Gasteiger charge is 2.18. The Morgan fingerprint density at radius 3 is 2.50 bits per heavy atom. The molecule has 0 heterocycles. The van der Waals surface area contributed by atoms with E-state index in [1.807, 2.05) is 31.2 Å². The molecule has 2 rings (SSSR count). The number of anilines is 1. The van der Waals surface area contributed by atoms with Crippen LogP contribution in [0.4, 0.5) is 5.69 Å². The van der Waals surface area contributed by atoms with Crippen molar-refractivity contribution in [2.24, 2.45) is 0 Å². The Kier molecular flexibility index (Phi) is 6.81. The van der Waals surface area contributed by atoms with Crippen molar-refractivity contribution in [1.82, 2.24) is 0 Å². The summed E-state index contributed by atoms with van der Waals surface area (Å²) in [6.07, 6.45) is 1.94. The fourth-order valence-electron chi connectivity index (χ4n) is 2.12. The number of methoxy groups -OCH3 is 1. The van der Waals surface area contributed by atoms with Gasteiger partial charge in [0, 0.05) is 11.1 Å². The lowest BCUT2D eigenvalue weighted by molar-refractivity contribution is -0.148. The third kappa shape index (κ3) is 5.63. The highest BCUT2D eigenvalue weighted by molar-refractivity contribution is 6.31. The number of hydrogen-bond acceptors (Lipinski definition) is 4. The van der Waals surface area contributed by atoms with Crippen LogP contribution < -0.4 is 10.1 Å². The smallest absolute Gasteiger partial charge is 0.331 e. The maximum atomic E-state index is 12.2. The fraction of sp³-hybridized carbons (Fsp3) is 0.200. The lowest BCUT2D eigenvalue weighted by atomic mass is 10.1. The van der Waals surface area contributed by atoms with Crippen LogP contribution >= 0.6 is 11.6 Å². The van der Waals surface area contributed by atoms with Gasteiger partial charge in [-0.15, -0.1) is 0 Å². The molecule has 1 amide bonds. The van der Waals surface area contributed by atoms with Crippen molar-refractivity contribution in [3.05, 3.63) is 64.7 Å². The Bertz CT molecular complexity index is 815. The van der Waals surface area contributed by atoms with E-state index < -0.39 is 18.0 Å². The van der Waals surface area contributed by atoms with Crippen LogP contribution in [0.5, 0.6) is 5.75 Å². The second kappa shape index (κ2) is 9.06. The Hall–Kier alpha value is -2.79. The summed E-state index contributed by atoms with van der Waals surface area (Å²) in [7, 11) is 1.48. The molecule has 1 unspecified atom stereocenters. The van der Waals surface area contributed by atoms with Crippen LogP contribution in [0.2, 0.25) is 5.02 Å². The predicted octanol–water partition coefficient (Wildman–Crippen LogP) is 4.24. The average molecular weight is 374 g/mol. The lowest BCUT2D eigenvalue weighted by Gasteiger charge is -2.14. The fourth-order valence-corrected chi connectivity index (χ4v) is 2.29. The van der Waals surface area contributed by atoms with E-state index in [-0.39, 0.29) is 0 Å². The zero-order valence-corrected chi connectivity index (χ0v) is 15.5. The summed E-state index contributed by atoms with van der Waals surface area (Å²) >= 11 is 5.93. The monoisotopic (exact) mass is 373 g/mol. The maximum absolute atomic E-state index is 12.2. The molecule has 0 spiro atoms. The van der Waals surface area contributed by atoms with E-state index in [0.717, 1.165) is 11.1 Å². The minimum absolute atomic E-state index is 0.406. The molecule has 1 N–H and O–H groups in total. The zero-order valence-electron chi connectivity index (χ0n) is 14.8. The Balaban J connectivity index is 1.95. The molecular formula is C20H20ClNO4. The summed E-state index contributed by atoms with van der Waals surface area (Å²) in [6.45, 7) is 3.47. The van der Waals surface area contributed by atoms with Crippen LogP contribution in [0, 0.1) is 6.92 Å². The number of benzene rings is 2. The number of carbonyl (C=O) groups excluding carboxylic acids is 2. The van der Waals surface area contributed by atoms with E-state index in [1.165, 1.54) is 20.1 Å². The van der Waals surface area contributed by atoms with Crippen molar-refractivity contribution >= 4 is 35.2 Å². The molecular weight excluding hydrogens is 354 g/mol. The van der Waals surface area contributed by atoms with Crippen molar-refractivity contribution in [2.45, 2.75) is 20.0 Å². The first-order chi connectivity index (χ1) is 12.4. The third-order valence-corrected chi connectivity index (χ3v) is 3.81. The number of amides is 1. The summed E-state index contributed by atoms with van der Waals surface area (Å²) in [4.78, 5) is 24.1. The van der Waals surface area contributed by atoms with Crippen LogP contribution in [0.25, 0.3) is 6.08 Å². The lowest BCUT2D eigenvalue weighted by Crippen LogP contribution is -2.29. The maximum Gasteiger partial charge on any atom is 0.331 e. The van der Waals surface area contributed by atoms with Gasteiger partial charge >= 0.3 is 5.97 Å². The first kappa shape index (κ1) is 19.5. The van der Waals surface area contributed by atoms with Crippen molar-refractivity contribution in [3.63, 3.8) is 0 Å². The molecule has 2 aromatic rings. The first-order valence-corrected chi connectivity index (χ1v) is 8.36. The Labute approximate surface area is 157 Å². The normalized spacial score (nSPS) is 11.8. The van der Waals surface area contributed by atoms with E-state index in [2.05, 4.69) is 5.32 Å². The number of carbonyl (C=O) groups is 2. The molecule has 136 valence electrons. The van der Waals surface area contributed by atoms with Crippen LogP contribution in [-0.2, 0) is 14.3 Å². The van der Waals surface area contributed by atoms with Gasteiger partial charge in [0.1, 0.15) is 5.75 Å². The molecule has 0 aliphatic carbocycles. The van der Waals surface area contributed by atoms with Gasteiger partial charge in [-0.05, 0) is 43.7 Å². The second-order valence-corrected chi connectivity index (χ2v) is 6.09. The highest BCUT2D eigenvalue weighted by Crippen LogP contribution is 2.27. The minimum Gasteiger partial charge on any atom is -0.495 e. The van der Waals surface area contributed by atoms with E-state index in [1.54, 1.807) is 24.3 Å². The number of aryl methyl sites for hydroxylation is 1. The predicted molar refractivity (Wildman–Crippen MR) is 102 cm³/mol. The first-order valence-electron chi connectivity index (χ1n) is 7.99. The van der Waals surface area contributed by atoms with E-state index in [9.17, 15) is 9.59 Å². The van der Waals surface area contributed by atoms with Gasteiger partial charge in [0.25, 0.3) is 5.91 Å². The van der Waals surface area contributed by atoms with Gasteiger partial charge in [-0.2, -0.15) is 0 Å². The van der Waals surface area contributed by atoms with E-state index in [0.29, 0.717) is 16.5 Å². The Morgan fingerprint density at radius 2 is 1.85 bits per heavy atom. The second-order valence-electron chi connectivity index (χ2n) is 5.66. The molecule has 0 saturated heterocycles. The van der Waals surface area contributed by atoms with Crippen LogP contribution in [0.15, 0.2) is 48.5 Å². The number of hydrogen-bond donors (Lipinski definition) is 1. The number of halogens is 1. The molecule has 0 bridgehead atoms. The third-order valence-electron chi connectivity index (χ3n) is 3.57. The molecule has 0 aliphatic heterocycles. The van der Waals surface area contributed by atoms with Crippen molar-refractivity contribution < 1.29 is 19.1 Å². The molecule has 5 nitrogen and oxygen atoms in total. The topological polar surface area (TPSA) is 64.6 Å². The van der Waals surface area contributed by atoms with Crippen molar-refractivity contribution in [3.8, 4) is 5.75 Å². The summed E-state index contributed by atoms with van der Waals surface area (Å²) in [6, 6.07) is 12.5. The van der Waals surface area contributed by atoms with Gasteiger partial charge in [-0.25, -0.2) is 4.79 Å². The van der Waals surface area contributed by atoms with Crippen LogP contribution in [-0.4, -0.2) is 25.1 Å². The average Bonchev–Trinajstić information content (AvgIpc) is 2.61. The minimum atomic E-state index is -0.978. The Morgan fingerprint density at radius 1 is 1.15 bits per heavy atom. The molecule has 2 aromatic carbocycles. The van der Waals surface area contributed by atoms with Gasteiger partial charge in [0.05, 0.1) is 12.8 Å². The van der Waals surface area contributed by atoms with Gasteiger partial charge in [-0.1, -0.05) is 41.4 Å². The van der Waals surface area contributed by atoms with Crippen molar-refractivity contribution in [2.75, 3.05) is 12.4 Å². The molecule has 6 heteroatoms. The molecule has 0 aliphatic rings. The van der Waals surface area contributed by atoms with E-state index >= 15 is 0 Å².